The van der Waals surface area contributed by atoms with E-state index in [2.05, 4.69) is 61.6 Å². The molecule has 1 atom stereocenters. The predicted molar refractivity (Wildman–Crippen MR) is 84.3 cm³/mol. The van der Waals surface area contributed by atoms with Gasteiger partial charge in [0.05, 0.1) is 12.6 Å². The van der Waals surface area contributed by atoms with Crippen molar-refractivity contribution in [2.24, 2.45) is 0 Å². The number of aryl methyl sites for hydroxylation is 1. The van der Waals surface area contributed by atoms with E-state index in [4.69, 9.17) is 4.74 Å². The molecule has 0 fully saturated rings. The molecule has 0 amide bonds. The highest BCUT2D eigenvalue weighted by Gasteiger charge is 2.12. The molecule has 0 heterocycles. The van der Waals surface area contributed by atoms with E-state index in [1.807, 2.05) is 13.1 Å². The van der Waals surface area contributed by atoms with Crippen LogP contribution in [0.25, 0.3) is 0 Å². The molecule has 0 aromatic heterocycles. The minimum Gasteiger partial charge on any atom is -0.494 e. The van der Waals surface area contributed by atoms with E-state index in [9.17, 15) is 0 Å². The first-order chi connectivity index (χ1) is 9.74. The average Bonchev–Trinajstić information content (AvgIpc) is 2.46. The van der Waals surface area contributed by atoms with Crippen LogP contribution < -0.4 is 10.1 Å². The van der Waals surface area contributed by atoms with E-state index in [-0.39, 0.29) is 6.04 Å². The van der Waals surface area contributed by atoms with Crippen LogP contribution >= 0.6 is 0 Å². The molecule has 2 nitrogen and oxygen atoms in total. The summed E-state index contributed by atoms with van der Waals surface area (Å²) >= 11 is 0. The third-order valence-electron chi connectivity index (χ3n) is 3.33. The van der Waals surface area contributed by atoms with Crippen LogP contribution in [0.1, 0.15) is 36.1 Å². The smallest absolute Gasteiger partial charge is 0.119 e. The van der Waals surface area contributed by atoms with Gasteiger partial charge in [-0.1, -0.05) is 48.9 Å². The molecule has 2 rings (SSSR count). The molecule has 2 aromatic carbocycles. The Morgan fingerprint density at radius 3 is 2.40 bits per heavy atom. The van der Waals surface area contributed by atoms with E-state index >= 15 is 0 Å². The number of ether oxygens (including phenoxy) is 1. The minimum atomic E-state index is 0.195. The van der Waals surface area contributed by atoms with Gasteiger partial charge in [0, 0.05) is 0 Å². The normalized spacial score (nSPS) is 12.2. The highest BCUT2D eigenvalue weighted by atomic mass is 16.5. The molecule has 0 bridgehead atoms. The van der Waals surface area contributed by atoms with Crippen LogP contribution in [0.3, 0.4) is 0 Å². The number of benzene rings is 2. The van der Waals surface area contributed by atoms with Crippen LogP contribution in [-0.2, 0) is 0 Å². The lowest BCUT2D eigenvalue weighted by atomic mass is 9.97. The molecule has 106 valence electrons. The molecule has 0 radical (unpaired) electrons. The standard InChI is InChI=1S/C18H23NO/c1-4-11-20-17-10-6-9-16(13-17)18(19-3)15-8-5-7-14(2)12-15/h5-10,12-13,18-19H,4,11H2,1-3H3. The molecule has 20 heavy (non-hydrogen) atoms. The Bertz CT molecular complexity index is 551. The van der Waals surface area contributed by atoms with Gasteiger partial charge in [-0.3, -0.25) is 0 Å². The molecule has 2 aromatic rings. The van der Waals surface area contributed by atoms with E-state index < -0.39 is 0 Å². The Balaban J connectivity index is 2.27. The molecule has 1 N–H and O–H groups in total. The monoisotopic (exact) mass is 269 g/mol. The van der Waals surface area contributed by atoms with Gasteiger partial charge in [-0.05, 0) is 43.7 Å². The van der Waals surface area contributed by atoms with Crippen molar-refractivity contribution < 1.29 is 4.74 Å². The van der Waals surface area contributed by atoms with Crippen molar-refractivity contribution in [3.05, 3.63) is 65.2 Å². The molecule has 0 spiro atoms. The average molecular weight is 269 g/mol. The fourth-order valence-corrected chi connectivity index (χ4v) is 2.38. The van der Waals surface area contributed by atoms with Gasteiger partial charge in [-0.15, -0.1) is 0 Å². The van der Waals surface area contributed by atoms with Crippen molar-refractivity contribution in [3.8, 4) is 5.75 Å². The Morgan fingerprint density at radius 2 is 1.75 bits per heavy atom. The first-order valence-electron chi connectivity index (χ1n) is 7.21. The topological polar surface area (TPSA) is 21.3 Å². The zero-order chi connectivity index (χ0) is 14.4. The molecule has 0 saturated heterocycles. The van der Waals surface area contributed by atoms with Gasteiger partial charge in [0.25, 0.3) is 0 Å². The van der Waals surface area contributed by atoms with Gasteiger partial charge in [-0.25, -0.2) is 0 Å². The summed E-state index contributed by atoms with van der Waals surface area (Å²) in [7, 11) is 1.99. The van der Waals surface area contributed by atoms with E-state index in [1.54, 1.807) is 0 Å². The van der Waals surface area contributed by atoms with Gasteiger partial charge in [0.2, 0.25) is 0 Å². The van der Waals surface area contributed by atoms with Crippen molar-refractivity contribution in [1.82, 2.24) is 5.32 Å². The van der Waals surface area contributed by atoms with Crippen LogP contribution in [-0.4, -0.2) is 13.7 Å². The minimum absolute atomic E-state index is 0.195. The molecule has 0 saturated carbocycles. The van der Waals surface area contributed by atoms with Gasteiger partial charge < -0.3 is 10.1 Å². The summed E-state index contributed by atoms with van der Waals surface area (Å²) in [6.07, 6.45) is 1.03. The van der Waals surface area contributed by atoms with Crippen molar-refractivity contribution in [1.29, 1.82) is 0 Å². The number of rotatable bonds is 6. The highest BCUT2D eigenvalue weighted by Crippen LogP contribution is 2.25. The summed E-state index contributed by atoms with van der Waals surface area (Å²) < 4.78 is 5.72. The summed E-state index contributed by atoms with van der Waals surface area (Å²) in [6.45, 7) is 5.00. The first kappa shape index (κ1) is 14.6. The Labute approximate surface area is 121 Å². The number of hydrogen-bond acceptors (Lipinski definition) is 2. The summed E-state index contributed by atoms with van der Waals surface area (Å²) in [6, 6.07) is 17.1. The maximum absolute atomic E-state index is 5.72. The second kappa shape index (κ2) is 7.11. The zero-order valence-electron chi connectivity index (χ0n) is 12.5. The van der Waals surface area contributed by atoms with Gasteiger partial charge in [0.1, 0.15) is 5.75 Å². The Kier molecular flexibility index (Phi) is 5.19. The second-order valence-corrected chi connectivity index (χ2v) is 5.06. The third-order valence-corrected chi connectivity index (χ3v) is 3.33. The SMILES string of the molecule is CCCOc1cccc(C(NC)c2cccc(C)c2)c1. The van der Waals surface area contributed by atoms with Crippen molar-refractivity contribution in [2.75, 3.05) is 13.7 Å². The van der Waals surface area contributed by atoms with Gasteiger partial charge in [-0.2, -0.15) is 0 Å². The van der Waals surface area contributed by atoms with Crippen LogP contribution in [0.15, 0.2) is 48.5 Å². The summed E-state index contributed by atoms with van der Waals surface area (Å²) in [4.78, 5) is 0. The second-order valence-electron chi connectivity index (χ2n) is 5.06. The van der Waals surface area contributed by atoms with Crippen LogP contribution in [0, 0.1) is 6.92 Å². The lowest BCUT2D eigenvalue weighted by Gasteiger charge is -2.18. The van der Waals surface area contributed by atoms with Crippen LogP contribution in [0.4, 0.5) is 0 Å². The lowest BCUT2D eigenvalue weighted by Crippen LogP contribution is -2.17. The first-order valence-corrected chi connectivity index (χ1v) is 7.21. The third kappa shape index (κ3) is 3.61. The number of nitrogens with one attached hydrogen (secondary N) is 1. The maximum atomic E-state index is 5.72. The van der Waals surface area contributed by atoms with E-state index in [0.717, 1.165) is 18.8 Å². The van der Waals surface area contributed by atoms with E-state index in [1.165, 1.54) is 16.7 Å². The molecule has 0 aliphatic heterocycles. The van der Waals surface area contributed by atoms with Crippen molar-refractivity contribution in [2.45, 2.75) is 26.3 Å². The van der Waals surface area contributed by atoms with Crippen molar-refractivity contribution >= 4 is 0 Å². The maximum Gasteiger partial charge on any atom is 0.119 e. The van der Waals surface area contributed by atoms with Gasteiger partial charge >= 0.3 is 0 Å². The summed E-state index contributed by atoms with van der Waals surface area (Å²) in [5, 5.41) is 3.39. The molecule has 0 aliphatic rings. The molecule has 0 aliphatic carbocycles. The Morgan fingerprint density at radius 1 is 1.05 bits per heavy atom. The molecule has 1 unspecified atom stereocenters. The molecular formula is C18H23NO. The van der Waals surface area contributed by atoms with Gasteiger partial charge in [0.15, 0.2) is 0 Å². The highest BCUT2D eigenvalue weighted by molar-refractivity contribution is 5.37. The fraction of sp³-hybridized carbons (Fsp3) is 0.333. The molecular weight excluding hydrogens is 246 g/mol. The summed E-state index contributed by atoms with van der Waals surface area (Å²) in [5.41, 5.74) is 3.79. The fourth-order valence-electron chi connectivity index (χ4n) is 2.38. The lowest BCUT2D eigenvalue weighted by molar-refractivity contribution is 0.317. The Hall–Kier alpha value is -1.80. The molecule has 2 heteroatoms. The number of hydrogen-bond donors (Lipinski definition) is 1. The van der Waals surface area contributed by atoms with E-state index in [0.29, 0.717) is 0 Å². The zero-order valence-corrected chi connectivity index (χ0v) is 12.5. The van der Waals surface area contributed by atoms with Crippen LogP contribution in [0.2, 0.25) is 0 Å². The quantitative estimate of drug-likeness (QED) is 0.852. The predicted octanol–water partition coefficient (Wildman–Crippen LogP) is 4.09. The van der Waals surface area contributed by atoms with Crippen LogP contribution in [0.5, 0.6) is 5.75 Å². The summed E-state index contributed by atoms with van der Waals surface area (Å²) in [5.74, 6) is 0.942. The largest absolute Gasteiger partial charge is 0.494 e. The van der Waals surface area contributed by atoms with Crippen molar-refractivity contribution in [3.63, 3.8) is 0 Å².